The highest BCUT2D eigenvalue weighted by Gasteiger charge is 2.34. The maximum absolute atomic E-state index is 14.0. The Labute approximate surface area is 241 Å². The van der Waals surface area contributed by atoms with Crippen LogP contribution in [0.1, 0.15) is 44.4 Å². The van der Waals surface area contributed by atoms with E-state index in [2.05, 4.69) is 5.32 Å². The Bertz CT molecular complexity index is 1470. The molecule has 0 radical (unpaired) electrons. The van der Waals surface area contributed by atoms with Crippen LogP contribution in [-0.2, 0) is 26.2 Å². The quantitative estimate of drug-likeness (QED) is 0.352. The van der Waals surface area contributed by atoms with Crippen LogP contribution in [0.25, 0.3) is 0 Å². The standard InChI is InChI=1S/C30H35ClFN3O4S/c1-20-7-15-26(16-8-20)40(38,39)35(27-17-24(31)12-9-21(27)2)19-28(36)34(18-23-10-13-25(32)14-11-23)22(3)29(37)33-30(4,5)6/h7-17,22H,18-19H2,1-6H3,(H,33,37). The number of carbonyl (C=O) groups is 2. The summed E-state index contributed by atoms with van der Waals surface area (Å²) in [5, 5.41) is 3.17. The molecule has 0 spiro atoms. The number of nitrogens with one attached hydrogen (secondary N) is 1. The Balaban J connectivity index is 2.08. The Kier molecular flexibility index (Phi) is 9.64. The number of amides is 2. The maximum atomic E-state index is 14.0. The summed E-state index contributed by atoms with van der Waals surface area (Å²) >= 11 is 6.25. The fraction of sp³-hybridized carbons (Fsp3) is 0.333. The molecule has 0 aliphatic heterocycles. The third-order valence-electron chi connectivity index (χ3n) is 6.26. The largest absolute Gasteiger partial charge is 0.350 e. The number of rotatable bonds is 9. The molecule has 3 rings (SSSR count). The third-order valence-corrected chi connectivity index (χ3v) is 8.27. The molecule has 10 heteroatoms. The van der Waals surface area contributed by atoms with Crippen LogP contribution < -0.4 is 9.62 Å². The van der Waals surface area contributed by atoms with Crippen LogP contribution in [0.3, 0.4) is 0 Å². The van der Waals surface area contributed by atoms with Crippen LogP contribution in [0, 0.1) is 19.7 Å². The Morgan fingerprint density at radius 3 is 2.15 bits per heavy atom. The van der Waals surface area contributed by atoms with Crippen molar-refractivity contribution in [1.29, 1.82) is 0 Å². The van der Waals surface area contributed by atoms with Crippen LogP contribution in [0.15, 0.2) is 71.6 Å². The first-order valence-electron chi connectivity index (χ1n) is 12.8. The Morgan fingerprint density at radius 2 is 1.57 bits per heavy atom. The van der Waals surface area contributed by atoms with Gasteiger partial charge in [0, 0.05) is 17.1 Å². The van der Waals surface area contributed by atoms with Gasteiger partial charge in [0.05, 0.1) is 10.6 Å². The van der Waals surface area contributed by atoms with Gasteiger partial charge in [0.2, 0.25) is 11.8 Å². The molecule has 214 valence electrons. The number of nitrogens with zero attached hydrogens (tertiary/aromatic N) is 2. The Hall–Kier alpha value is -3.43. The lowest BCUT2D eigenvalue weighted by molar-refractivity contribution is -0.140. The first kappa shape index (κ1) is 31.1. The number of benzene rings is 3. The highest BCUT2D eigenvalue weighted by atomic mass is 35.5. The van der Waals surface area contributed by atoms with Crippen molar-refractivity contribution in [3.8, 4) is 0 Å². The predicted molar refractivity (Wildman–Crippen MR) is 156 cm³/mol. The van der Waals surface area contributed by atoms with Gasteiger partial charge in [-0.3, -0.25) is 13.9 Å². The molecule has 1 unspecified atom stereocenters. The molecular weight excluding hydrogens is 553 g/mol. The number of hydrogen-bond donors (Lipinski definition) is 1. The summed E-state index contributed by atoms with van der Waals surface area (Å²) in [6, 6.07) is 15.7. The molecule has 3 aromatic carbocycles. The number of anilines is 1. The normalized spacial score (nSPS) is 12.5. The lowest BCUT2D eigenvalue weighted by atomic mass is 10.1. The van der Waals surface area contributed by atoms with Gasteiger partial charge in [0.25, 0.3) is 10.0 Å². The smallest absolute Gasteiger partial charge is 0.264 e. The lowest BCUT2D eigenvalue weighted by Crippen LogP contribution is -2.54. The zero-order valence-electron chi connectivity index (χ0n) is 23.5. The number of aryl methyl sites for hydroxylation is 2. The van der Waals surface area contributed by atoms with E-state index in [9.17, 15) is 22.4 Å². The second-order valence-corrected chi connectivity index (χ2v) is 13.1. The van der Waals surface area contributed by atoms with Gasteiger partial charge < -0.3 is 10.2 Å². The molecule has 0 saturated carbocycles. The number of halogens is 2. The molecule has 0 saturated heterocycles. The van der Waals surface area contributed by atoms with E-state index in [4.69, 9.17) is 11.6 Å². The van der Waals surface area contributed by atoms with Crippen molar-refractivity contribution in [2.75, 3.05) is 10.8 Å². The highest BCUT2D eigenvalue weighted by Crippen LogP contribution is 2.30. The molecule has 0 aromatic heterocycles. The minimum Gasteiger partial charge on any atom is -0.350 e. The van der Waals surface area contributed by atoms with Crippen molar-refractivity contribution in [2.45, 2.75) is 64.6 Å². The van der Waals surface area contributed by atoms with E-state index in [1.54, 1.807) is 38.1 Å². The molecule has 0 aliphatic carbocycles. The molecule has 1 atom stereocenters. The van der Waals surface area contributed by atoms with Crippen molar-refractivity contribution in [3.63, 3.8) is 0 Å². The van der Waals surface area contributed by atoms with Crippen LogP contribution in [0.5, 0.6) is 0 Å². The molecule has 3 aromatic rings. The second kappa shape index (κ2) is 12.4. The summed E-state index contributed by atoms with van der Waals surface area (Å²) in [7, 11) is -4.21. The minimum atomic E-state index is -4.21. The molecule has 40 heavy (non-hydrogen) atoms. The minimum absolute atomic E-state index is 0.00823. The van der Waals surface area contributed by atoms with E-state index in [1.165, 1.54) is 47.4 Å². The zero-order valence-corrected chi connectivity index (χ0v) is 25.1. The second-order valence-electron chi connectivity index (χ2n) is 10.8. The van der Waals surface area contributed by atoms with Gasteiger partial charge in [-0.25, -0.2) is 12.8 Å². The van der Waals surface area contributed by atoms with E-state index >= 15 is 0 Å². The summed E-state index contributed by atoms with van der Waals surface area (Å²) in [6.07, 6.45) is 0. The highest BCUT2D eigenvalue weighted by molar-refractivity contribution is 7.92. The monoisotopic (exact) mass is 587 g/mol. The lowest BCUT2D eigenvalue weighted by Gasteiger charge is -2.34. The van der Waals surface area contributed by atoms with Gasteiger partial charge in [-0.2, -0.15) is 0 Å². The maximum Gasteiger partial charge on any atom is 0.264 e. The summed E-state index contributed by atoms with van der Waals surface area (Å²) in [4.78, 5) is 28.4. The van der Waals surface area contributed by atoms with Crippen LogP contribution in [0.2, 0.25) is 5.02 Å². The van der Waals surface area contributed by atoms with Gasteiger partial charge in [-0.1, -0.05) is 47.5 Å². The molecule has 2 amide bonds. The van der Waals surface area contributed by atoms with Crippen molar-refractivity contribution in [3.05, 3.63) is 94.3 Å². The van der Waals surface area contributed by atoms with E-state index in [0.29, 0.717) is 16.1 Å². The summed E-state index contributed by atoms with van der Waals surface area (Å²) < 4.78 is 42.5. The fourth-order valence-electron chi connectivity index (χ4n) is 4.05. The first-order valence-corrected chi connectivity index (χ1v) is 14.6. The van der Waals surface area contributed by atoms with Crippen LogP contribution in [0.4, 0.5) is 10.1 Å². The average Bonchev–Trinajstić information content (AvgIpc) is 2.87. The van der Waals surface area contributed by atoms with E-state index in [-0.39, 0.29) is 17.1 Å². The van der Waals surface area contributed by atoms with Gasteiger partial charge in [-0.15, -0.1) is 0 Å². The molecule has 0 fully saturated rings. The molecule has 7 nitrogen and oxygen atoms in total. The van der Waals surface area contributed by atoms with Gasteiger partial charge in [0.15, 0.2) is 0 Å². The summed E-state index contributed by atoms with van der Waals surface area (Å²) in [5.74, 6) is -1.46. The van der Waals surface area contributed by atoms with Gasteiger partial charge in [0.1, 0.15) is 18.4 Å². The number of sulfonamides is 1. The van der Waals surface area contributed by atoms with Gasteiger partial charge >= 0.3 is 0 Å². The third kappa shape index (κ3) is 7.82. The predicted octanol–water partition coefficient (Wildman–Crippen LogP) is 5.62. The Morgan fingerprint density at radius 1 is 0.975 bits per heavy atom. The molecule has 1 N–H and O–H groups in total. The van der Waals surface area contributed by atoms with E-state index < -0.39 is 45.8 Å². The number of carbonyl (C=O) groups excluding carboxylic acids is 2. The fourth-order valence-corrected chi connectivity index (χ4v) is 5.68. The summed E-state index contributed by atoms with van der Waals surface area (Å²) in [6.45, 7) is 9.98. The number of hydrogen-bond acceptors (Lipinski definition) is 4. The van der Waals surface area contributed by atoms with Crippen molar-refractivity contribution in [2.24, 2.45) is 0 Å². The first-order chi connectivity index (χ1) is 18.6. The van der Waals surface area contributed by atoms with Crippen LogP contribution in [-0.4, -0.2) is 43.3 Å². The van der Waals surface area contributed by atoms with Crippen LogP contribution >= 0.6 is 11.6 Å². The van der Waals surface area contributed by atoms with Crippen molar-refractivity contribution >= 4 is 39.1 Å². The zero-order chi connectivity index (χ0) is 29.8. The molecule has 0 heterocycles. The molecular formula is C30H35ClFN3O4S. The topological polar surface area (TPSA) is 86.8 Å². The van der Waals surface area contributed by atoms with E-state index in [0.717, 1.165) is 9.87 Å². The van der Waals surface area contributed by atoms with Crippen molar-refractivity contribution < 1.29 is 22.4 Å². The van der Waals surface area contributed by atoms with Crippen molar-refractivity contribution in [1.82, 2.24) is 10.2 Å². The molecule has 0 aliphatic rings. The van der Waals surface area contributed by atoms with Gasteiger partial charge in [-0.05, 0) is 89.1 Å². The average molecular weight is 588 g/mol. The SMILES string of the molecule is Cc1ccc(S(=O)(=O)N(CC(=O)N(Cc2ccc(F)cc2)C(C)C(=O)NC(C)(C)C)c2cc(Cl)ccc2C)cc1. The van der Waals surface area contributed by atoms with E-state index in [1.807, 2.05) is 27.7 Å². The summed E-state index contributed by atoms with van der Waals surface area (Å²) in [5.41, 5.74) is 1.74. The molecule has 0 bridgehead atoms.